The van der Waals surface area contributed by atoms with Crippen LogP contribution < -0.4 is 5.32 Å². The van der Waals surface area contributed by atoms with Gasteiger partial charge < -0.3 is 10.4 Å². The van der Waals surface area contributed by atoms with Crippen molar-refractivity contribution >= 4 is 24.3 Å². The van der Waals surface area contributed by atoms with Gasteiger partial charge in [-0.15, -0.1) is 12.4 Å². The van der Waals surface area contributed by atoms with Crippen LogP contribution in [0.4, 0.5) is 0 Å². The van der Waals surface area contributed by atoms with E-state index in [2.05, 4.69) is 22.4 Å². The number of amides is 1. The summed E-state index contributed by atoms with van der Waals surface area (Å²) in [5.41, 5.74) is 1.21. The fourth-order valence-electron chi connectivity index (χ4n) is 2.88. The third-order valence-electron chi connectivity index (χ3n) is 3.79. The normalized spacial score (nSPS) is 21.4. The molecule has 0 saturated carbocycles. The lowest BCUT2D eigenvalue weighted by atomic mass is 9.98. The first-order chi connectivity index (χ1) is 9.99. The first-order valence-corrected chi connectivity index (χ1v) is 7.26. The van der Waals surface area contributed by atoms with E-state index in [4.69, 9.17) is 5.11 Å². The predicted octanol–water partition coefficient (Wildman–Crippen LogP) is 1.05. The topological polar surface area (TPSA) is 98.3 Å². The molecule has 1 aliphatic rings. The lowest BCUT2D eigenvalue weighted by Crippen LogP contribution is -2.41. The molecule has 0 radical (unpaired) electrons. The molecule has 2 heterocycles. The first kappa shape index (κ1) is 18.4. The number of likely N-dealkylation sites (tertiary alicyclic amines) is 1. The highest BCUT2D eigenvalue weighted by atomic mass is 35.5. The summed E-state index contributed by atoms with van der Waals surface area (Å²) in [4.78, 5) is 24.9. The zero-order valence-corrected chi connectivity index (χ0v) is 13.7. The molecule has 0 unspecified atom stereocenters. The summed E-state index contributed by atoms with van der Waals surface area (Å²) in [6, 6.07) is 1.68. The Labute approximate surface area is 135 Å². The van der Waals surface area contributed by atoms with E-state index >= 15 is 0 Å². The molecule has 0 spiro atoms. The Hall–Kier alpha value is -1.60. The second kappa shape index (κ2) is 8.14. The Morgan fingerprint density at radius 1 is 1.50 bits per heavy atom. The molecule has 0 bridgehead atoms. The maximum atomic E-state index is 12.2. The number of nitrogens with zero attached hydrogens (tertiary/aromatic N) is 2. The molecule has 1 saturated heterocycles. The van der Waals surface area contributed by atoms with Crippen LogP contribution in [0.5, 0.6) is 0 Å². The quantitative estimate of drug-likeness (QED) is 0.724. The first-order valence-electron chi connectivity index (χ1n) is 7.26. The average Bonchev–Trinajstić information content (AvgIpc) is 2.97. The Morgan fingerprint density at radius 3 is 2.77 bits per heavy atom. The fourth-order valence-corrected chi connectivity index (χ4v) is 2.88. The molecular weight excluding hydrogens is 308 g/mol. The standard InChI is InChI=1S/C14H22N4O3.ClH/c1-3-4-10-6-18(8-13(19)20)7-12(10)15-14(21)11-5-9(2)16-17-11;/h5,10,12H,3-4,6-8H2,1-2H3,(H,15,21)(H,16,17)(H,19,20);1H/t10-,12-;/m0./s1. The number of H-pyrrole nitrogens is 1. The minimum absolute atomic E-state index is 0. The molecule has 1 fully saturated rings. The third kappa shape index (κ3) is 4.71. The van der Waals surface area contributed by atoms with Crippen molar-refractivity contribution in [1.29, 1.82) is 0 Å². The van der Waals surface area contributed by atoms with Gasteiger partial charge in [0.15, 0.2) is 0 Å². The highest BCUT2D eigenvalue weighted by Crippen LogP contribution is 2.22. The van der Waals surface area contributed by atoms with E-state index in [0.29, 0.717) is 24.7 Å². The number of aromatic amines is 1. The van der Waals surface area contributed by atoms with Crippen molar-refractivity contribution in [2.24, 2.45) is 5.92 Å². The van der Waals surface area contributed by atoms with Gasteiger partial charge in [-0.2, -0.15) is 5.10 Å². The number of carboxylic acids is 1. The number of hydrogen-bond donors (Lipinski definition) is 3. The molecule has 1 aliphatic heterocycles. The number of carbonyl (C=O) groups is 2. The molecule has 1 aromatic heterocycles. The summed E-state index contributed by atoms with van der Waals surface area (Å²) in [5.74, 6) is -0.749. The van der Waals surface area contributed by atoms with Gasteiger partial charge in [0, 0.05) is 24.8 Å². The van der Waals surface area contributed by atoms with Crippen LogP contribution >= 0.6 is 12.4 Å². The second-order valence-corrected chi connectivity index (χ2v) is 5.65. The summed E-state index contributed by atoms with van der Waals surface area (Å²) in [5, 5.41) is 18.6. The number of halogens is 1. The van der Waals surface area contributed by atoms with Crippen molar-refractivity contribution < 1.29 is 14.7 Å². The van der Waals surface area contributed by atoms with Gasteiger partial charge in [0.2, 0.25) is 0 Å². The number of hydrogen-bond acceptors (Lipinski definition) is 4. The summed E-state index contributed by atoms with van der Waals surface area (Å²) < 4.78 is 0. The minimum atomic E-state index is -0.833. The Kier molecular flexibility index (Phi) is 6.83. The molecule has 3 N–H and O–H groups in total. The zero-order chi connectivity index (χ0) is 15.4. The van der Waals surface area contributed by atoms with E-state index < -0.39 is 5.97 Å². The van der Waals surface area contributed by atoms with Crippen molar-refractivity contribution in [3.05, 3.63) is 17.5 Å². The van der Waals surface area contributed by atoms with Crippen LogP contribution in [0.3, 0.4) is 0 Å². The monoisotopic (exact) mass is 330 g/mol. The van der Waals surface area contributed by atoms with E-state index in [9.17, 15) is 9.59 Å². The summed E-state index contributed by atoms with van der Waals surface area (Å²) in [6.07, 6.45) is 1.99. The number of rotatable bonds is 6. The van der Waals surface area contributed by atoms with Crippen LogP contribution in [-0.2, 0) is 4.79 Å². The Morgan fingerprint density at radius 2 is 2.23 bits per heavy atom. The SMILES string of the molecule is CCC[C@H]1CN(CC(=O)O)C[C@@H]1NC(=O)c1cc(C)[nH]n1.Cl. The zero-order valence-electron chi connectivity index (χ0n) is 12.8. The highest BCUT2D eigenvalue weighted by molar-refractivity contribution is 5.92. The summed E-state index contributed by atoms with van der Waals surface area (Å²) in [6.45, 7) is 5.24. The van der Waals surface area contributed by atoms with Crippen LogP contribution in [0.25, 0.3) is 0 Å². The van der Waals surface area contributed by atoms with E-state index in [-0.39, 0.29) is 30.9 Å². The molecule has 0 aliphatic carbocycles. The molecule has 124 valence electrons. The van der Waals surface area contributed by atoms with Crippen molar-refractivity contribution in [1.82, 2.24) is 20.4 Å². The third-order valence-corrected chi connectivity index (χ3v) is 3.79. The van der Waals surface area contributed by atoms with Crippen molar-refractivity contribution in [3.63, 3.8) is 0 Å². The Bertz CT molecular complexity index is 520. The number of aromatic nitrogens is 2. The van der Waals surface area contributed by atoms with Gasteiger partial charge >= 0.3 is 5.97 Å². The maximum absolute atomic E-state index is 12.2. The Balaban J connectivity index is 0.00000242. The van der Waals surface area contributed by atoms with Gasteiger partial charge in [-0.1, -0.05) is 13.3 Å². The maximum Gasteiger partial charge on any atom is 0.317 e. The van der Waals surface area contributed by atoms with Crippen LogP contribution in [0, 0.1) is 12.8 Å². The van der Waals surface area contributed by atoms with Gasteiger partial charge in [0.25, 0.3) is 5.91 Å². The molecule has 1 amide bonds. The molecule has 0 aromatic carbocycles. The molecule has 22 heavy (non-hydrogen) atoms. The average molecular weight is 331 g/mol. The van der Waals surface area contributed by atoms with Gasteiger partial charge in [-0.3, -0.25) is 19.6 Å². The van der Waals surface area contributed by atoms with Gasteiger partial charge in [-0.25, -0.2) is 0 Å². The molecular formula is C14H23ClN4O3. The molecule has 1 aromatic rings. The highest BCUT2D eigenvalue weighted by Gasteiger charge is 2.34. The lowest BCUT2D eigenvalue weighted by Gasteiger charge is -2.18. The second-order valence-electron chi connectivity index (χ2n) is 5.65. The molecule has 7 nitrogen and oxygen atoms in total. The predicted molar refractivity (Wildman–Crippen MR) is 84.3 cm³/mol. The minimum Gasteiger partial charge on any atom is -0.480 e. The number of aryl methyl sites for hydroxylation is 1. The number of carboxylic acid groups (broad SMARTS) is 1. The summed E-state index contributed by atoms with van der Waals surface area (Å²) >= 11 is 0. The number of aliphatic carboxylic acids is 1. The lowest BCUT2D eigenvalue weighted by molar-refractivity contribution is -0.138. The van der Waals surface area contributed by atoms with Crippen LogP contribution in [0.1, 0.15) is 35.9 Å². The van der Waals surface area contributed by atoms with E-state index in [1.807, 2.05) is 11.8 Å². The van der Waals surface area contributed by atoms with Crippen molar-refractivity contribution in [2.75, 3.05) is 19.6 Å². The van der Waals surface area contributed by atoms with Gasteiger partial charge in [0.05, 0.1) is 6.54 Å². The number of nitrogens with one attached hydrogen (secondary N) is 2. The van der Waals surface area contributed by atoms with E-state index in [1.165, 1.54) is 0 Å². The largest absolute Gasteiger partial charge is 0.480 e. The van der Waals surface area contributed by atoms with Crippen LogP contribution in [0.2, 0.25) is 0 Å². The van der Waals surface area contributed by atoms with Crippen molar-refractivity contribution in [3.8, 4) is 0 Å². The molecule has 8 heteroatoms. The van der Waals surface area contributed by atoms with Gasteiger partial charge in [0.1, 0.15) is 5.69 Å². The number of carbonyl (C=O) groups excluding carboxylic acids is 1. The smallest absolute Gasteiger partial charge is 0.317 e. The molecule has 2 atom stereocenters. The van der Waals surface area contributed by atoms with Gasteiger partial charge in [-0.05, 0) is 25.3 Å². The van der Waals surface area contributed by atoms with Crippen LogP contribution in [0.15, 0.2) is 6.07 Å². The van der Waals surface area contributed by atoms with Crippen LogP contribution in [-0.4, -0.2) is 57.8 Å². The van der Waals surface area contributed by atoms with Crippen molar-refractivity contribution in [2.45, 2.75) is 32.7 Å². The molecule has 2 rings (SSSR count). The fraction of sp³-hybridized carbons (Fsp3) is 0.643. The summed E-state index contributed by atoms with van der Waals surface area (Å²) in [7, 11) is 0. The van der Waals surface area contributed by atoms with E-state index in [0.717, 1.165) is 18.5 Å². The van der Waals surface area contributed by atoms with E-state index in [1.54, 1.807) is 6.07 Å².